The molecule has 0 unspecified atom stereocenters. The molecule has 8 nitrogen and oxygen atoms in total. The third-order valence-corrected chi connectivity index (χ3v) is 4.48. The molecule has 0 aliphatic rings. The molecule has 1 N–H and O–H groups in total. The van der Waals surface area contributed by atoms with Crippen LogP contribution in [-0.2, 0) is 0 Å². The number of non-ortho nitro benzene ring substituents is 1. The molecule has 0 aliphatic heterocycles. The molecule has 0 atom stereocenters. The Morgan fingerprint density at radius 2 is 2.00 bits per heavy atom. The van der Waals surface area contributed by atoms with Crippen molar-refractivity contribution >= 4 is 28.1 Å². The van der Waals surface area contributed by atoms with Crippen LogP contribution in [-0.4, -0.2) is 30.0 Å². The molecule has 9 heteroatoms. The monoisotopic (exact) mass is 385 g/mol. The lowest BCUT2D eigenvalue weighted by Gasteiger charge is -2.08. The second-order valence-electron chi connectivity index (χ2n) is 5.37. The minimum absolute atomic E-state index is 0.149. The number of rotatable bonds is 6. The quantitative estimate of drug-likeness (QED) is 0.508. The molecular weight excluding hydrogens is 370 g/mol. The van der Waals surface area contributed by atoms with Gasteiger partial charge in [0.2, 0.25) is 0 Å². The summed E-state index contributed by atoms with van der Waals surface area (Å²) in [6.07, 6.45) is 0. The average Bonchev–Trinajstić information content (AvgIpc) is 3.15. The number of amides is 1. The van der Waals surface area contributed by atoms with Crippen LogP contribution in [0, 0.1) is 10.1 Å². The maximum atomic E-state index is 12.3. The maximum absolute atomic E-state index is 12.3. The lowest BCUT2D eigenvalue weighted by atomic mass is 10.1. The van der Waals surface area contributed by atoms with Gasteiger partial charge < -0.3 is 9.47 Å². The predicted molar refractivity (Wildman–Crippen MR) is 102 cm³/mol. The Bertz CT molecular complexity index is 1000. The molecule has 138 valence electrons. The number of ether oxygens (including phenoxy) is 2. The summed E-state index contributed by atoms with van der Waals surface area (Å²) in [5, 5.41) is 15.6. The highest BCUT2D eigenvalue weighted by Crippen LogP contribution is 2.35. The van der Waals surface area contributed by atoms with Gasteiger partial charge in [-0.2, -0.15) is 0 Å². The highest BCUT2D eigenvalue weighted by Gasteiger charge is 2.15. The van der Waals surface area contributed by atoms with E-state index in [1.807, 2.05) is 0 Å². The third-order valence-electron chi connectivity index (χ3n) is 3.73. The van der Waals surface area contributed by atoms with Gasteiger partial charge in [-0.1, -0.05) is 6.07 Å². The van der Waals surface area contributed by atoms with Crippen molar-refractivity contribution in [3.05, 3.63) is 63.5 Å². The number of nitrogens with one attached hydrogen (secondary N) is 1. The molecule has 0 spiro atoms. The number of nitro benzene ring substituents is 1. The molecule has 3 aromatic rings. The van der Waals surface area contributed by atoms with Crippen molar-refractivity contribution in [2.24, 2.45) is 0 Å². The van der Waals surface area contributed by atoms with E-state index in [9.17, 15) is 14.9 Å². The molecule has 0 radical (unpaired) electrons. The van der Waals surface area contributed by atoms with Gasteiger partial charge in [0.15, 0.2) is 5.13 Å². The summed E-state index contributed by atoms with van der Waals surface area (Å²) >= 11 is 1.24. The fraction of sp³-hybridized carbons (Fsp3) is 0.111. The zero-order chi connectivity index (χ0) is 19.4. The van der Waals surface area contributed by atoms with Crippen LogP contribution in [0.3, 0.4) is 0 Å². The van der Waals surface area contributed by atoms with Gasteiger partial charge in [-0.15, -0.1) is 11.3 Å². The third kappa shape index (κ3) is 4.04. The number of carbonyl (C=O) groups is 1. The zero-order valence-corrected chi connectivity index (χ0v) is 15.3. The highest BCUT2D eigenvalue weighted by molar-refractivity contribution is 7.14. The van der Waals surface area contributed by atoms with Crippen LogP contribution in [0.5, 0.6) is 11.5 Å². The lowest BCUT2D eigenvalue weighted by Crippen LogP contribution is -2.11. The topological polar surface area (TPSA) is 104 Å². The van der Waals surface area contributed by atoms with E-state index < -0.39 is 10.8 Å². The van der Waals surface area contributed by atoms with Gasteiger partial charge in [-0.05, 0) is 24.3 Å². The van der Waals surface area contributed by atoms with E-state index in [-0.39, 0.29) is 11.3 Å². The van der Waals surface area contributed by atoms with Crippen LogP contribution in [0.1, 0.15) is 10.4 Å². The molecule has 0 saturated carbocycles. The zero-order valence-electron chi connectivity index (χ0n) is 14.5. The molecule has 0 aliphatic carbocycles. The fourth-order valence-corrected chi connectivity index (χ4v) is 3.10. The van der Waals surface area contributed by atoms with Gasteiger partial charge in [-0.3, -0.25) is 20.2 Å². The first kappa shape index (κ1) is 18.3. The van der Waals surface area contributed by atoms with E-state index in [0.29, 0.717) is 22.3 Å². The van der Waals surface area contributed by atoms with Crippen molar-refractivity contribution < 1.29 is 19.2 Å². The molecule has 2 aromatic carbocycles. The van der Waals surface area contributed by atoms with Crippen molar-refractivity contribution in [3.8, 4) is 22.8 Å². The summed E-state index contributed by atoms with van der Waals surface area (Å²) in [6.45, 7) is 0. The number of benzene rings is 2. The van der Waals surface area contributed by atoms with Gasteiger partial charge in [0.1, 0.15) is 11.5 Å². The molecule has 0 bridgehead atoms. The Labute approximate surface area is 158 Å². The van der Waals surface area contributed by atoms with Crippen molar-refractivity contribution in [2.75, 3.05) is 19.5 Å². The highest BCUT2D eigenvalue weighted by atomic mass is 32.1. The Morgan fingerprint density at radius 1 is 1.19 bits per heavy atom. The number of nitrogens with zero attached hydrogens (tertiary/aromatic N) is 2. The minimum atomic E-state index is -0.548. The van der Waals surface area contributed by atoms with Crippen molar-refractivity contribution in [1.82, 2.24) is 4.98 Å². The van der Waals surface area contributed by atoms with Crippen molar-refractivity contribution in [1.29, 1.82) is 0 Å². The van der Waals surface area contributed by atoms with Crippen LogP contribution in [0.4, 0.5) is 10.8 Å². The number of hydrogen-bond donors (Lipinski definition) is 1. The number of nitro groups is 1. The summed E-state index contributed by atoms with van der Waals surface area (Å²) in [5.74, 6) is 0.802. The smallest absolute Gasteiger partial charge is 0.270 e. The number of aromatic nitrogens is 1. The molecule has 0 fully saturated rings. The molecule has 3 rings (SSSR count). The summed E-state index contributed by atoms with van der Waals surface area (Å²) in [6, 6.07) is 10.8. The minimum Gasteiger partial charge on any atom is -0.497 e. The van der Waals surface area contributed by atoms with Crippen molar-refractivity contribution in [3.63, 3.8) is 0 Å². The predicted octanol–water partition coefficient (Wildman–Crippen LogP) is 3.99. The Kier molecular flexibility index (Phi) is 5.32. The van der Waals surface area contributed by atoms with Crippen LogP contribution in [0.15, 0.2) is 47.8 Å². The van der Waals surface area contributed by atoms with E-state index in [4.69, 9.17) is 9.47 Å². The number of anilines is 1. The number of hydrogen-bond acceptors (Lipinski definition) is 7. The van der Waals surface area contributed by atoms with Gasteiger partial charge in [0.05, 0.1) is 24.8 Å². The average molecular weight is 385 g/mol. The van der Waals surface area contributed by atoms with E-state index in [2.05, 4.69) is 10.3 Å². The van der Waals surface area contributed by atoms with Gasteiger partial charge in [0.25, 0.3) is 11.6 Å². The molecular formula is C18H15N3O5S. The summed E-state index contributed by atoms with van der Waals surface area (Å²) in [4.78, 5) is 27.1. The standard InChI is InChI=1S/C18H15N3O5S/c1-25-13-6-7-16(26-2)14(9-13)15-10-27-18(19-15)20-17(22)11-4-3-5-12(8-11)21(23)24/h3-10H,1-2H3,(H,19,20,22). The van der Waals surface area contributed by atoms with Gasteiger partial charge in [0, 0.05) is 28.6 Å². The summed E-state index contributed by atoms with van der Waals surface area (Å²) < 4.78 is 10.6. The lowest BCUT2D eigenvalue weighted by molar-refractivity contribution is -0.384. The summed E-state index contributed by atoms with van der Waals surface area (Å²) in [5.41, 5.74) is 1.37. The summed E-state index contributed by atoms with van der Waals surface area (Å²) in [7, 11) is 3.13. The Morgan fingerprint density at radius 3 is 2.70 bits per heavy atom. The van der Waals surface area contributed by atoms with E-state index in [1.54, 1.807) is 37.8 Å². The molecule has 0 saturated heterocycles. The number of methoxy groups -OCH3 is 2. The van der Waals surface area contributed by atoms with Crippen LogP contribution >= 0.6 is 11.3 Å². The normalized spacial score (nSPS) is 10.3. The van der Waals surface area contributed by atoms with Crippen LogP contribution < -0.4 is 14.8 Å². The van der Waals surface area contributed by atoms with E-state index in [1.165, 1.54) is 35.6 Å². The maximum Gasteiger partial charge on any atom is 0.270 e. The second-order valence-corrected chi connectivity index (χ2v) is 6.22. The van der Waals surface area contributed by atoms with E-state index in [0.717, 1.165) is 5.56 Å². The second kappa shape index (κ2) is 7.83. The largest absolute Gasteiger partial charge is 0.497 e. The fourth-order valence-electron chi connectivity index (χ4n) is 2.40. The molecule has 1 amide bonds. The Hall–Kier alpha value is -3.46. The first-order chi connectivity index (χ1) is 13.0. The first-order valence-electron chi connectivity index (χ1n) is 7.75. The number of thiazole rings is 1. The molecule has 1 aromatic heterocycles. The number of carbonyl (C=O) groups excluding carboxylic acids is 1. The van der Waals surface area contributed by atoms with Gasteiger partial charge >= 0.3 is 0 Å². The molecule has 27 heavy (non-hydrogen) atoms. The Balaban J connectivity index is 1.83. The first-order valence-corrected chi connectivity index (χ1v) is 8.63. The van der Waals surface area contributed by atoms with Crippen molar-refractivity contribution in [2.45, 2.75) is 0 Å². The van der Waals surface area contributed by atoms with Crippen LogP contribution in [0.25, 0.3) is 11.3 Å². The van der Waals surface area contributed by atoms with E-state index >= 15 is 0 Å². The van der Waals surface area contributed by atoms with Crippen LogP contribution in [0.2, 0.25) is 0 Å². The van der Waals surface area contributed by atoms with Gasteiger partial charge in [-0.25, -0.2) is 4.98 Å². The SMILES string of the molecule is COc1ccc(OC)c(-c2csc(NC(=O)c3cccc([N+](=O)[O-])c3)n2)c1. The molecule has 1 heterocycles.